The van der Waals surface area contributed by atoms with Crippen LogP contribution in [0.2, 0.25) is 0 Å². The molecule has 1 aromatic rings. The second kappa shape index (κ2) is 4.86. The quantitative estimate of drug-likeness (QED) is 0.716. The molecule has 1 N–H and O–H groups in total. The zero-order chi connectivity index (χ0) is 9.68. The van der Waals surface area contributed by atoms with Crippen LogP contribution in [-0.4, -0.2) is 31.6 Å². The first-order valence-corrected chi connectivity index (χ1v) is 4.95. The number of carboxylic acids is 1. The summed E-state index contributed by atoms with van der Waals surface area (Å²) in [6, 6.07) is 0. The summed E-state index contributed by atoms with van der Waals surface area (Å²) in [6.45, 7) is 2.88. The lowest BCUT2D eigenvalue weighted by Crippen LogP contribution is -2.02. The van der Waals surface area contributed by atoms with Gasteiger partial charge in [0.1, 0.15) is 6.33 Å². The lowest BCUT2D eigenvalue weighted by molar-refractivity contribution is -0.133. The Kier molecular flexibility index (Phi) is 3.75. The molecule has 0 radical (unpaired) electrons. The van der Waals surface area contributed by atoms with E-state index in [0.29, 0.717) is 5.16 Å². The average molecular weight is 201 g/mol. The molecule has 1 rings (SSSR count). The normalized spacial score (nSPS) is 10.2. The summed E-state index contributed by atoms with van der Waals surface area (Å²) in [5.41, 5.74) is 0. The van der Waals surface area contributed by atoms with Gasteiger partial charge in [-0.15, -0.1) is 10.2 Å². The van der Waals surface area contributed by atoms with Crippen molar-refractivity contribution >= 4 is 17.7 Å². The maximum atomic E-state index is 10.3. The fourth-order valence-corrected chi connectivity index (χ4v) is 1.54. The van der Waals surface area contributed by atoms with E-state index in [2.05, 4.69) is 10.2 Å². The van der Waals surface area contributed by atoms with Gasteiger partial charge >= 0.3 is 5.97 Å². The van der Waals surface area contributed by atoms with Crippen LogP contribution in [0.15, 0.2) is 11.5 Å². The number of aryl methyl sites for hydroxylation is 1. The van der Waals surface area contributed by atoms with Gasteiger partial charge in [-0.1, -0.05) is 18.7 Å². The molecule has 13 heavy (non-hydrogen) atoms. The highest BCUT2D eigenvalue weighted by Crippen LogP contribution is 2.14. The van der Waals surface area contributed by atoms with E-state index in [-0.39, 0.29) is 5.75 Å². The molecule has 72 valence electrons. The first-order chi connectivity index (χ1) is 6.24. The van der Waals surface area contributed by atoms with E-state index in [1.807, 2.05) is 11.5 Å². The zero-order valence-electron chi connectivity index (χ0n) is 7.30. The summed E-state index contributed by atoms with van der Waals surface area (Å²) in [4.78, 5) is 10.3. The predicted octanol–water partition coefficient (Wildman–Crippen LogP) is 0.865. The van der Waals surface area contributed by atoms with E-state index >= 15 is 0 Å². The van der Waals surface area contributed by atoms with Crippen LogP contribution in [0.4, 0.5) is 0 Å². The molecule has 0 spiro atoms. The van der Waals surface area contributed by atoms with Crippen molar-refractivity contribution in [3.63, 3.8) is 0 Å². The largest absolute Gasteiger partial charge is 0.481 e. The number of aliphatic carboxylic acids is 1. The summed E-state index contributed by atoms with van der Waals surface area (Å²) >= 11 is 1.19. The molecule has 0 saturated heterocycles. The van der Waals surface area contributed by atoms with Crippen LogP contribution < -0.4 is 0 Å². The average Bonchev–Trinajstić information content (AvgIpc) is 2.49. The van der Waals surface area contributed by atoms with Gasteiger partial charge in [0.05, 0.1) is 5.75 Å². The molecule has 1 heterocycles. The summed E-state index contributed by atoms with van der Waals surface area (Å²) in [7, 11) is 0. The number of hydrogen-bond acceptors (Lipinski definition) is 4. The van der Waals surface area contributed by atoms with Crippen molar-refractivity contribution in [2.75, 3.05) is 5.75 Å². The molecule has 0 amide bonds. The molecule has 0 aromatic carbocycles. The smallest absolute Gasteiger partial charge is 0.313 e. The topological polar surface area (TPSA) is 68.0 Å². The van der Waals surface area contributed by atoms with Crippen molar-refractivity contribution in [3.8, 4) is 0 Å². The van der Waals surface area contributed by atoms with Crippen LogP contribution in [0.1, 0.15) is 13.3 Å². The Morgan fingerprint density at radius 1 is 1.77 bits per heavy atom. The number of rotatable bonds is 5. The minimum absolute atomic E-state index is 0.0302. The summed E-state index contributed by atoms with van der Waals surface area (Å²) < 4.78 is 1.85. The van der Waals surface area contributed by atoms with Crippen molar-refractivity contribution in [2.24, 2.45) is 0 Å². The van der Waals surface area contributed by atoms with E-state index in [9.17, 15) is 4.79 Å². The van der Waals surface area contributed by atoms with Gasteiger partial charge < -0.3 is 9.67 Å². The third-order valence-corrected chi connectivity index (χ3v) is 2.33. The van der Waals surface area contributed by atoms with E-state index in [0.717, 1.165) is 13.0 Å². The summed E-state index contributed by atoms with van der Waals surface area (Å²) in [5, 5.41) is 16.7. The molecule has 0 saturated carbocycles. The van der Waals surface area contributed by atoms with Gasteiger partial charge in [-0.05, 0) is 6.42 Å². The highest BCUT2D eigenvalue weighted by Gasteiger charge is 2.06. The lowest BCUT2D eigenvalue weighted by Gasteiger charge is -2.01. The first kappa shape index (κ1) is 10.0. The molecular formula is C7H11N3O2S. The first-order valence-electron chi connectivity index (χ1n) is 3.96. The Morgan fingerprint density at radius 3 is 3.15 bits per heavy atom. The van der Waals surface area contributed by atoms with Gasteiger partial charge in [-0.3, -0.25) is 4.79 Å². The van der Waals surface area contributed by atoms with Crippen molar-refractivity contribution in [1.82, 2.24) is 14.8 Å². The highest BCUT2D eigenvalue weighted by molar-refractivity contribution is 7.99. The maximum Gasteiger partial charge on any atom is 0.313 e. The van der Waals surface area contributed by atoms with Gasteiger partial charge in [0.25, 0.3) is 0 Å². The third-order valence-electron chi connectivity index (χ3n) is 1.37. The van der Waals surface area contributed by atoms with Crippen LogP contribution >= 0.6 is 11.8 Å². The fraction of sp³-hybridized carbons (Fsp3) is 0.571. The Bertz CT molecular complexity index is 287. The van der Waals surface area contributed by atoms with Gasteiger partial charge in [-0.25, -0.2) is 0 Å². The second-order valence-corrected chi connectivity index (χ2v) is 3.43. The minimum Gasteiger partial charge on any atom is -0.481 e. The Hall–Kier alpha value is -1.04. The predicted molar refractivity (Wildman–Crippen MR) is 48.7 cm³/mol. The van der Waals surface area contributed by atoms with Crippen LogP contribution in [0.5, 0.6) is 0 Å². The van der Waals surface area contributed by atoms with Crippen molar-refractivity contribution in [1.29, 1.82) is 0 Å². The molecule has 0 aliphatic rings. The number of hydrogen-bond donors (Lipinski definition) is 1. The molecule has 0 aliphatic heterocycles. The zero-order valence-corrected chi connectivity index (χ0v) is 8.12. The summed E-state index contributed by atoms with van der Waals surface area (Å²) in [5.74, 6) is -0.807. The molecular weight excluding hydrogens is 190 g/mol. The van der Waals surface area contributed by atoms with Gasteiger partial charge in [-0.2, -0.15) is 0 Å². The van der Waals surface area contributed by atoms with Crippen LogP contribution in [0, 0.1) is 0 Å². The Labute approximate surface area is 80.2 Å². The molecule has 0 unspecified atom stereocenters. The van der Waals surface area contributed by atoms with Crippen LogP contribution in [0.3, 0.4) is 0 Å². The molecule has 5 nitrogen and oxygen atoms in total. The summed E-state index contributed by atoms with van der Waals surface area (Å²) in [6.07, 6.45) is 2.60. The third kappa shape index (κ3) is 3.06. The minimum atomic E-state index is -0.837. The van der Waals surface area contributed by atoms with Crippen LogP contribution in [-0.2, 0) is 11.3 Å². The molecule has 0 atom stereocenters. The number of aromatic nitrogens is 3. The van der Waals surface area contributed by atoms with Crippen molar-refractivity contribution in [3.05, 3.63) is 6.33 Å². The van der Waals surface area contributed by atoms with Crippen LogP contribution in [0.25, 0.3) is 0 Å². The lowest BCUT2D eigenvalue weighted by atomic mass is 10.5. The number of thioether (sulfide) groups is 1. The maximum absolute atomic E-state index is 10.3. The van der Waals surface area contributed by atoms with E-state index in [4.69, 9.17) is 5.11 Å². The Morgan fingerprint density at radius 2 is 2.54 bits per heavy atom. The monoisotopic (exact) mass is 201 g/mol. The SMILES string of the molecule is CCCn1cnnc1SCC(=O)O. The fourth-order valence-electron chi connectivity index (χ4n) is 0.877. The van der Waals surface area contributed by atoms with Gasteiger partial charge in [0.15, 0.2) is 5.16 Å². The number of carbonyl (C=O) groups is 1. The molecule has 0 fully saturated rings. The second-order valence-electron chi connectivity index (χ2n) is 2.49. The molecule has 0 aliphatic carbocycles. The van der Waals surface area contributed by atoms with E-state index < -0.39 is 5.97 Å². The van der Waals surface area contributed by atoms with Crippen molar-refractivity contribution in [2.45, 2.75) is 25.0 Å². The number of nitrogens with zero attached hydrogens (tertiary/aromatic N) is 3. The van der Waals surface area contributed by atoms with E-state index in [1.165, 1.54) is 11.8 Å². The van der Waals surface area contributed by atoms with Crippen molar-refractivity contribution < 1.29 is 9.90 Å². The van der Waals surface area contributed by atoms with Gasteiger partial charge in [0.2, 0.25) is 0 Å². The Balaban J connectivity index is 2.54. The van der Waals surface area contributed by atoms with E-state index in [1.54, 1.807) is 6.33 Å². The highest BCUT2D eigenvalue weighted by atomic mass is 32.2. The number of carboxylic acid groups (broad SMARTS) is 1. The standard InChI is InChI=1S/C7H11N3O2S/c1-2-3-10-5-8-9-7(10)13-4-6(11)12/h5H,2-4H2,1H3,(H,11,12). The molecule has 6 heteroatoms. The molecule has 1 aromatic heterocycles. The molecule has 0 bridgehead atoms. The van der Waals surface area contributed by atoms with Gasteiger partial charge in [0, 0.05) is 6.54 Å².